The molecule has 0 bridgehead atoms. The fraction of sp³-hybridized carbons (Fsp3) is 0.875. The largest absolute Gasteiger partial charge is 0.481 e. The van der Waals surface area contributed by atoms with Crippen molar-refractivity contribution < 1.29 is 9.90 Å². The van der Waals surface area contributed by atoms with Gasteiger partial charge < -0.3 is 5.11 Å². The first-order valence-electron chi connectivity index (χ1n) is 11.2. The Morgan fingerprint density at radius 1 is 1.08 bits per heavy atom. The van der Waals surface area contributed by atoms with E-state index in [1.54, 1.807) is 0 Å². The smallest absolute Gasteiger partial charge is 0.303 e. The van der Waals surface area contributed by atoms with Gasteiger partial charge in [0.15, 0.2) is 0 Å². The zero-order chi connectivity index (χ0) is 18.5. The molecule has 3 saturated carbocycles. The van der Waals surface area contributed by atoms with Crippen molar-refractivity contribution >= 4 is 5.97 Å². The molecule has 4 aliphatic carbocycles. The van der Waals surface area contributed by atoms with Crippen LogP contribution in [0.15, 0.2) is 12.2 Å². The molecular formula is C24H38O2. The zero-order valence-corrected chi connectivity index (χ0v) is 17.0. The van der Waals surface area contributed by atoms with E-state index in [0.29, 0.717) is 23.2 Å². The molecule has 0 spiro atoms. The number of hydrogen-bond acceptors (Lipinski definition) is 1. The van der Waals surface area contributed by atoms with Gasteiger partial charge in [-0.25, -0.2) is 0 Å². The highest BCUT2D eigenvalue weighted by atomic mass is 16.4. The van der Waals surface area contributed by atoms with Gasteiger partial charge >= 0.3 is 5.97 Å². The second-order valence-corrected chi connectivity index (χ2v) is 10.7. The predicted molar refractivity (Wildman–Crippen MR) is 106 cm³/mol. The lowest BCUT2D eigenvalue weighted by Crippen LogP contribution is -2.52. The van der Waals surface area contributed by atoms with Gasteiger partial charge in [0.2, 0.25) is 0 Å². The van der Waals surface area contributed by atoms with Crippen LogP contribution in [0.3, 0.4) is 0 Å². The zero-order valence-electron chi connectivity index (χ0n) is 17.0. The Bertz CT molecular complexity index is 581. The number of carboxylic acids is 1. The second-order valence-electron chi connectivity index (χ2n) is 10.7. The number of aliphatic carboxylic acids is 1. The van der Waals surface area contributed by atoms with Crippen LogP contribution >= 0.6 is 0 Å². The van der Waals surface area contributed by atoms with E-state index in [1.807, 2.05) is 0 Å². The lowest BCUT2D eigenvalue weighted by atomic mass is 9.45. The Morgan fingerprint density at radius 3 is 2.62 bits per heavy atom. The van der Waals surface area contributed by atoms with E-state index in [9.17, 15) is 4.79 Å². The van der Waals surface area contributed by atoms with E-state index in [-0.39, 0.29) is 0 Å². The average molecular weight is 359 g/mol. The minimum absolute atomic E-state index is 0.344. The van der Waals surface area contributed by atoms with Crippen LogP contribution < -0.4 is 0 Å². The van der Waals surface area contributed by atoms with Crippen molar-refractivity contribution in [3.63, 3.8) is 0 Å². The number of carbonyl (C=O) groups is 1. The van der Waals surface area contributed by atoms with E-state index in [0.717, 1.165) is 36.0 Å². The van der Waals surface area contributed by atoms with E-state index >= 15 is 0 Å². The molecule has 2 nitrogen and oxygen atoms in total. The van der Waals surface area contributed by atoms with Crippen molar-refractivity contribution in [1.82, 2.24) is 0 Å². The first-order chi connectivity index (χ1) is 12.4. The molecule has 26 heavy (non-hydrogen) atoms. The van der Waals surface area contributed by atoms with Crippen molar-refractivity contribution in [3.8, 4) is 0 Å². The van der Waals surface area contributed by atoms with Gasteiger partial charge in [0, 0.05) is 6.42 Å². The van der Waals surface area contributed by atoms with Crippen LogP contribution in [0.5, 0.6) is 0 Å². The van der Waals surface area contributed by atoms with Crippen molar-refractivity contribution in [2.75, 3.05) is 0 Å². The van der Waals surface area contributed by atoms with Crippen molar-refractivity contribution in [2.24, 2.45) is 46.3 Å². The molecule has 4 aliphatic rings. The normalized spacial score (nSPS) is 48.3. The minimum atomic E-state index is -0.628. The maximum absolute atomic E-state index is 11.0. The molecule has 0 aliphatic heterocycles. The third kappa shape index (κ3) is 2.78. The molecule has 0 heterocycles. The van der Waals surface area contributed by atoms with Crippen LogP contribution in [-0.2, 0) is 4.79 Å². The van der Waals surface area contributed by atoms with Gasteiger partial charge in [0.1, 0.15) is 0 Å². The summed E-state index contributed by atoms with van der Waals surface area (Å²) < 4.78 is 0. The molecule has 0 aromatic rings. The Kier molecular flexibility index (Phi) is 4.77. The highest BCUT2D eigenvalue weighted by molar-refractivity contribution is 5.66. The van der Waals surface area contributed by atoms with Gasteiger partial charge in [-0.1, -0.05) is 32.9 Å². The van der Waals surface area contributed by atoms with E-state index in [2.05, 4.69) is 32.9 Å². The fourth-order valence-corrected chi connectivity index (χ4v) is 8.35. The molecule has 1 N–H and O–H groups in total. The van der Waals surface area contributed by atoms with E-state index in [4.69, 9.17) is 5.11 Å². The van der Waals surface area contributed by atoms with Gasteiger partial charge in [-0.3, -0.25) is 4.79 Å². The lowest BCUT2D eigenvalue weighted by Gasteiger charge is -2.60. The SMILES string of the molecule is C[C@H](CCC(=O)O)[C@H]1CC[C@H]2[C@@H]3CCC4C=CCC[C@]4(C)[C@H]3CC[C@]12C. The van der Waals surface area contributed by atoms with Crippen molar-refractivity contribution in [1.29, 1.82) is 0 Å². The van der Waals surface area contributed by atoms with Crippen molar-refractivity contribution in [3.05, 3.63) is 12.2 Å². The molecule has 0 aromatic carbocycles. The van der Waals surface area contributed by atoms with Crippen LogP contribution in [0.25, 0.3) is 0 Å². The van der Waals surface area contributed by atoms with E-state index < -0.39 is 5.97 Å². The van der Waals surface area contributed by atoms with Crippen LogP contribution in [-0.4, -0.2) is 11.1 Å². The van der Waals surface area contributed by atoms with E-state index in [1.165, 1.54) is 51.4 Å². The van der Waals surface area contributed by atoms with Gasteiger partial charge in [-0.2, -0.15) is 0 Å². The monoisotopic (exact) mass is 358 g/mol. The Labute approximate surface area is 159 Å². The summed E-state index contributed by atoms with van der Waals surface area (Å²) in [5.41, 5.74) is 1.01. The topological polar surface area (TPSA) is 37.3 Å². The molecule has 0 radical (unpaired) electrons. The second kappa shape index (κ2) is 6.67. The molecule has 2 heteroatoms. The Morgan fingerprint density at radius 2 is 1.85 bits per heavy atom. The van der Waals surface area contributed by atoms with Crippen molar-refractivity contribution in [2.45, 2.75) is 85.0 Å². The molecular weight excluding hydrogens is 320 g/mol. The first kappa shape index (κ1) is 18.6. The molecule has 146 valence electrons. The summed E-state index contributed by atoms with van der Waals surface area (Å²) in [4.78, 5) is 11.0. The molecule has 0 saturated heterocycles. The summed E-state index contributed by atoms with van der Waals surface area (Å²) >= 11 is 0. The number of hydrogen-bond donors (Lipinski definition) is 1. The summed E-state index contributed by atoms with van der Waals surface area (Å²) in [5.74, 6) is 4.25. The summed E-state index contributed by atoms with van der Waals surface area (Å²) in [5, 5.41) is 9.09. The summed E-state index contributed by atoms with van der Waals surface area (Å²) in [7, 11) is 0. The van der Waals surface area contributed by atoms with Crippen LogP contribution in [0, 0.1) is 46.3 Å². The maximum Gasteiger partial charge on any atom is 0.303 e. The number of rotatable bonds is 4. The van der Waals surface area contributed by atoms with Crippen LogP contribution in [0.2, 0.25) is 0 Å². The minimum Gasteiger partial charge on any atom is -0.481 e. The Balaban J connectivity index is 1.53. The average Bonchev–Trinajstić information content (AvgIpc) is 2.96. The molecule has 0 amide bonds. The molecule has 4 rings (SSSR count). The highest BCUT2D eigenvalue weighted by Crippen LogP contribution is 2.67. The molecule has 0 aromatic heterocycles. The number of fused-ring (bicyclic) bond motifs is 5. The maximum atomic E-state index is 11.0. The highest BCUT2D eigenvalue weighted by Gasteiger charge is 2.59. The number of carboxylic acid groups (broad SMARTS) is 1. The molecule has 3 fully saturated rings. The van der Waals surface area contributed by atoms with Gasteiger partial charge in [0.25, 0.3) is 0 Å². The summed E-state index contributed by atoms with van der Waals surface area (Å²) in [6.07, 6.45) is 17.3. The predicted octanol–water partition coefficient (Wildman–Crippen LogP) is 6.31. The van der Waals surface area contributed by atoms with Gasteiger partial charge in [-0.15, -0.1) is 0 Å². The third-order valence-electron chi connectivity index (χ3n) is 9.73. The third-order valence-corrected chi connectivity index (χ3v) is 9.73. The van der Waals surface area contributed by atoms with Gasteiger partial charge in [-0.05, 0) is 104 Å². The van der Waals surface area contributed by atoms with Crippen LogP contribution in [0.1, 0.15) is 85.0 Å². The van der Waals surface area contributed by atoms with Crippen LogP contribution in [0.4, 0.5) is 0 Å². The molecule has 1 unspecified atom stereocenters. The Hall–Kier alpha value is -0.790. The number of allylic oxidation sites excluding steroid dienone is 2. The summed E-state index contributed by atoms with van der Waals surface area (Å²) in [6, 6.07) is 0. The fourth-order valence-electron chi connectivity index (χ4n) is 8.35. The molecule has 8 atom stereocenters. The van der Waals surface area contributed by atoms with Gasteiger partial charge in [0.05, 0.1) is 0 Å². The standard InChI is InChI=1S/C24H38O2/c1-16(7-12-22(25)26)19-10-11-20-18-9-8-17-6-4-5-14-23(17,2)21(18)13-15-24(19,20)3/h4,6,16-21H,5,7-15H2,1-3H3,(H,25,26)/t16-,17?,18+,19-,20+,21+,23+,24-/m1/s1. The quantitative estimate of drug-likeness (QED) is 0.598. The first-order valence-corrected chi connectivity index (χ1v) is 11.2. The lowest BCUT2D eigenvalue weighted by molar-refractivity contribution is -0.137. The summed E-state index contributed by atoms with van der Waals surface area (Å²) in [6.45, 7) is 7.53.